The lowest BCUT2D eigenvalue weighted by Crippen LogP contribution is -2.17. The van der Waals surface area contributed by atoms with E-state index in [2.05, 4.69) is 47.6 Å². The van der Waals surface area contributed by atoms with Crippen LogP contribution in [0.3, 0.4) is 0 Å². The molecule has 0 aliphatic heterocycles. The summed E-state index contributed by atoms with van der Waals surface area (Å²) in [4.78, 5) is 12.7. The molecule has 0 saturated heterocycles. The summed E-state index contributed by atoms with van der Waals surface area (Å²) < 4.78 is 0. The maximum Gasteiger partial charge on any atom is 0.164 e. The Bertz CT molecular complexity index is 632. The SMILES string of the molecule is CC(C)CCc1c2c(cc3c1C(=O)CC3(C)C)C(C)(C)CC2. The lowest BCUT2D eigenvalue weighted by molar-refractivity contribution is 0.0978. The molecular formula is C21H30O. The van der Waals surface area contributed by atoms with E-state index in [-0.39, 0.29) is 10.8 Å². The maximum atomic E-state index is 12.7. The van der Waals surface area contributed by atoms with Gasteiger partial charge in [-0.15, -0.1) is 0 Å². The Kier molecular flexibility index (Phi) is 3.54. The first-order valence-electron chi connectivity index (χ1n) is 8.86. The number of carbonyl (C=O) groups excluding carboxylic acids is 1. The number of Topliss-reactive ketones (excluding diaryl/α,β-unsaturated/α-hetero) is 1. The number of rotatable bonds is 3. The Morgan fingerprint density at radius 1 is 1.09 bits per heavy atom. The summed E-state index contributed by atoms with van der Waals surface area (Å²) in [6.45, 7) is 13.7. The third kappa shape index (κ3) is 2.33. The fourth-order valence-electron chi connectivity index (χ4n) is 4.39. The quantitative estimate of drug-likeness (QED) is 0.734. The first-order valence-corrected chi connectivity index (χ1v) is 8.86. The van der Waals surface area contributed by atoms with Gasteiger partial charge < -0.3 is 0 Å². The first kappa shape index (κ1) is 15.8. The van der Waals surface area contributed by atoms with Crippen molar-refractivity contribution in [1.29, 1.82) is 0 Å². The minimum Gasteiger partial charge on any atom is -0.294 e. The number of hydrogen-bond donors (Lipinski definition) is 0. The van der Waals surface area contributed by atoms with Crippen molar-refractivity contribution in [1.82, 2.24) is 0 Å². The molecule has 1 nitrogen and oxygen atoms in total. The second-order valence-electron chi connectivity index (χ2n) is 9.10. The van der Waals surface area contributed by atoms with E-state index in [1.165, 1.54) is 35.1 Å². The molecule has 0 atom stereocenters. The third-order valence-corrected chi connectivity index (χ3v) is 5.86. The van der Waals surface area contributed by atoms with Crippen LogP contribution in [0, 0.1) is 5.92 Å². The Hall–Kier alpha value is -1.11. The van der Waals surface area contributed by atoms with Gasteiger partial charge in [0.25, 0.3) is 0 Å². The Morgan fingerprint density at radius 3 is 2.41 bits per heavy atom. The van der Waals surface area contributed by atoms with Crippen molar-refractivity contribution < 1.29 is 4.79 Å². The minimum atomic E-state index is 0.00664. The Balaban J connectivity index is 2.21. The van der Waals surface area contributed by atoms with Crippen molar-refractivity contribution in [3.8, 4) is 0 Å². The molecule has 0 spiro atoms. The standard InChI is InChI=1S/C21H30O/c1-13(2)7-8-15-14-9-10-20(3,4)16(14)11-17-19(15)18(22)12-21(17,5)6/h11,13H,7-10,12H2,1-6H3. The number of hydrogen-bond acceptors (Lipinski definition) is 1. The van der Waals surface area contributed by atoms with Gasteiger partial charge in [-0.1, -0.05) is 47.6 Å². The van der Waals surface area contributed by atoms with Crippen LogP contribution in [0.1, 0.15) is 93.4 Å². The second-order valence-corrected chi connectivity index (χ2v) is 9.10. The van der Waals surface area contributed by atoms with E-state index >= 15 is 0 Å². The molecule has 1 aromatic carbocycles. The normalized spacial score (nSPS) is 21.3. The zero-order valence-corrected chi connectivity index (χ0v) is 15.1. The lowest BCUT2D eigenvalue weighted by Gasteiger charge is -2.25. The van der Waals surface area contributed by atoms with Gasteiger partial charge in [-0.3, -0.25) is 4.79 Å². The van der Waals surface area contributed by atoms with Crippen LogP contribution < -0.4 is 0 Å². The van der Waals surface area contributed by atoms with Crippen LogP contribution in [-0.2, 0) is 23.7 Å². The van der Waals surface area contributed by atoms with Crippen LogP contribution in [0.2, 0.25) is 0 Å². The summed E-state index contributed by atoms with van der Waals surface area (Å²) in [7, 11) is 0. The molecule has 0 unspecified atom stereocenters. The average molecular weight is 298 g/mol. The van der Waals surface area contributed by atoms with Gasteiger partial charge in [-0.25, -0.2) is 0 Å². The molecule has 0 N–H and O–H groups in total. The van der Waals surface area contributed by atoms with Gasteiger partial charge in [0.1, 0.15) is 0 Å². The molecule has 1 heteroatoms. The molecular weight excluding hydrogens is 268 g/mol. The van der Waals surface area contributed by atoms with Crippen molar-refractivity contribution in [2.24, 2.45) is 5.92 Å². The van der Waals surface area contributed by atoms with E-state index in [1.807, 2.05) is 0 Å². The molecule has 0 radical (unpaired) electrons. The van der Waals surface area contributed by atoms with E-state index in [9.17, 15) is 4.79 Å². The summed E-state index contributed by atoms with van der Waals surface area (Å²) in [6.07, 6.45) is 5.30. The van der Waals surface area contributed by atoms with Gasteiger partial charge >= 0.3 is 0 Å². The predicted molar refractivity (Wildman–Crippen MR) is 92.9 cm³/mol. The van der Waals surface area contributed by atoms with E-state index in [0.717, 1.165) is 18.4 Å². The van der Waals surface area contributed by atoms with Crippen molar-refractivity contribution in [3.05, 3.63) is 33.9 Å². The second kappa shape index (κ2) is 4.94. The van der Waals surface area contributed by atoms with Crippen molar-refractivity contribution >= 4 is 5.78 Å². The number of carbonyl (C=O) groups is 1. The highest BCUT2D eigenvalue weighted by Gasteiger charge is 2.42. The molecule has 22 heavy (non-hydrogen) atoms. The van der Waals surface area contributed by atoms with Crippen LogP contribution in [-0.4, -0.2) is 5.78 Å². The maximum absolute atomic E-state index is 12.7. The van der Waals surface area contributed by atoms with Crippen molar-refractivity contribution in [3.63, 3.8) is 0 Å². The fraction of sp³-hybridized carbons (Fsp3) is 0.667. The summed E-state index contributed by atoms with van der Waals surface area (Å²) >= 11 is 0. The molecule has 2 aliphatic carbocycles. The highest BCUT2D eigenvalue weighted by Crippen LogP contribution is 2.48. The monoisotopic (exact) mass is 298 g/mol. The number of fused-ring (bicyclic) bond motifs is 2. The molecule has 0 amide bonds. The average Bonchev–Trinajstić information content (AvgIpc) is 2.81. The van der Waals surface area contributed by atoms with Crippen LogP contribution in [0.15, 0.2) is 6.07 Å². The summed E-state index contributed by atoms with van der Waals surface area (Å²) in [5.74, 6) is 1.07. The Morgan fingerprint density at radius 2 is 1.77 bits per heavy atom. The van der Waals surface area contributed by atoms with Gasteiger partial charge in [0, 0.05) is 12.0 Å². The zero-order chi connectivity index (χ0) is 16.3. The Labute approximate surface area is 135 Å². The van der Waals surface area contributed by atoms with E-state index in [0.29, 0.717) is 18.1 Å². The number of benzene rings is 1. The highest BCUT2D eigenvalue weighted by molar-refractivity contribution is 6.04. The van der Waals surface area contributed by atoms with Crippen molar-refractivity contribution in [2.75, 3.05) is 0 Å². The fourth-order valence-corrected chi connectivity index (χ4v) is 4.39. The van der Waals surface area contributed by atoms with Crippen molar-refractivity contribution in [2.45, 2.75) is 84.5 Å². The first-order chi connectivity index (χ1) is 10.1. The van der Waals surface area contributed by atoms with E-state index < -0.39 is 0 Å². The molecule has 120 valence electrons. The smallest absolute Gasteiger partial charge is 0.164 e. The van der Waals surface area contributed by atoms with Crippen LogP contribution in [0.4, 0.5) is 0 Å². The van der Waals surface area contributed by atoms with E-state index in [1.54, 1.807) is 0 Å². The molecule has 1 aromatic rings. The van der Waals surface area contributed by atoms with Gasteiger partial charge in [-0.05, 0) is 64.7 Å². The van der Waals surface area contributed by atoms with Crippen LogP contribution in [0.5, 0.6) is 0 Å². The van der Waals surface area contributed by atoms with Gasteiger partial charge in [-0.2, -0.15) is 0 Å². The third-order valence-electron chi connectivity index (χ3n) is 5.86. The molecule has 0 heterocycles. The van der Waals surface area contributed by atoms with Gasteiger partial charge in [0.05, 0.1) is 0 Å². The minimum absolute atomic E-state index is 0.00664. The number of ketones is 1. The molecule has 0 saturated carbocycles. The van der Waals surface area contributed by atoms with Crippen LogP contribution >= 0.6 is 0 Å². The van der Waals surface area contributed by atoms with E-state index in [4.69, 9.17) is 0 Å². The molecule has 0 fully saturated rings. The van der Waals surface area contributed by atoms with Crippen LogP contribution in [0.25, 0.3) is 0 Å². The summed E-state index contributed by atoms with van der Waals surface area (Å²) in [6, 6.07) is 2.39. The summed E-state index contributed by atoms with van der Waals surface area (Å²) in [5.41, 5.74) is 7.13. The molecule has 2 aliphatic rings. The molecule has 0 aromatic heterocycles. The van der Waals surface area contributed by atoms with Gasteiger partial charge in [0.15, 0.2) is 5.78 Å². The largest absolute Gasteiger partial charge is 0.294 e. The zero-order valence-electron chi connectivity index (χ0n) is 15.1. The molecule has 0 bridgehead atoms. The topological polar surface area (TPSA) is 17.1 Å². The van der Waals surface area contributed by atoms with Gasteiger partial charge in [0.2, 0.25) is 0 Å². The predicted octanol–water partition coefficient (Wildman–Crippen LogP) is 5.36. The highest BCUT2D eigenvalue weighted by atomic mass is 16.1. The molecule has 3 rings (SSSR count). The lowest BCUT2D eigenvalue weighted by atomic mass is 9.79. The summed E-state index contributed by atoms with van der Waals surface area (Å²) in [5, 5.41) is 0.